The monoisotopic (exact) mass is 383 g/mol. The van der Waals surface area contributed by atoms with E-state index in [-0.39, 0.29) is 0 Å². The Bertz CT molecular complexity index is 945. The van der Waals surface area contributed by atoms with Gasteiger partial charge in [-0.05, 0) is 40.8 Å². The van der Waals surface area contributed by atoms with Crippen molar-refractivity contribution >= 4 is 10.8 Å². The third-order valence-corrected chi connectivity index (χ3v) is 4.93. The number of benzene rings is 2. The lowest BCUT2D eigenvalue weighted by Crippen LogP contribution is -2.60. The van der Waals surface area contributed by atoms with E-state index in [4.69, 9.17) is 9.47 Å². The molecule has 0 amide bonds. The average Bonchev–Trinajstić information content (AvgIpc) is 2.74. The summed E-state index contributed by atoms with van der Waals surface area (Å²) in [5.41, 5.74) is 2.01. The van der Waals surface area contributed by atoms with Gasteiger partial charge in [0.25, 0.3) is 0 Å². The Morgan fingerprint density at radius 1 is 0.857 bits per heavy atom. The third kappa shape index (κ3) is 3.58. The van der Waals surface area contributed by atoms with Crippen molar-refractivity contribution in [2.24, 2.45) is 0 Å². The Morgan fingerprint density at radius 2 is 1.61 bits per heavy atom. The van der Waals surface area contributed by atoms with Crippen LogP contribution in [0.2, 0.25) is 0 Å². The molecule has 7 nitrogen and oxygen atoms in total. The largest absolute Gasteiger partial charge is 0.462 e. The Balaban J connectivity index is 1.51. The number of aromatic nitrogens is 1. The quantitative estimate of drug-likeness (QED) is 0.533. The number of hydrogen-bond acceptors (Lipinski definition) is 7. The minimum absolute atomic E-state index is 0.426. The van der Waals surface area contributed by atoms with E-state index in [1.807, 2.05) is 36.5 Å². The summed E-state index contributed by atoms with van der Waals surface area (Å²) >= 11 is 0. The molecule has 28 heavy (non-hydrogen) atoms. The first kappa shape index (κ1) is 18.8. The topological polar surface area (TPSA) is 112 Å². The van der Waals surface area contributed by atoms with Crippen LogP contribution in [-0.2, 0) is 4.74 Å². The summed E-state index contributed by atoms with van der Waals surface area (Å²) in [6.45, 7) is -0.499. The van der Waals surface area contributed by atoms with E-state index in [2.05, 4.69) is 11.1 Å². The zero-order valence-corrected chi connectivity index (χ0v) is 14.9. The second-order valence-electron chi connectivity index (χ2n) is 6.78. The van der Waals surface area contributed by atoms with Crippen LogP contribution in [-0.4, -0.2) is 62.7 Å². The zero-order valence-electron chi connectivity index (χ0n) is 14.9. The summed E-state index contributed by atoms with van der Waals surface area (Å²) in [4.78, 5) is 4.14. The van der Waals surface area contributed by atoms with E-state index in [0.29, 0.717) is 5.75 Å². The zero-order chi connectivity index (χ0) is 19.7. The number of nitrogens with zero attached hydrogens (tertiary/aromatic N) is 1. The van der Waals surface area contributed by atoms with Gasteiger partial charge in [0.2, 0.25) is 6.29 Å². The summed E-state index contributed by atoms with van der Waals surface area (Å²) in [5.74, 6) is 0.426. The van der Waals surface area contributed by atoms with Crippen molar-refractivity contribution in [1.29, 1.82) is 0 Å². The maximum Gasteiger partial charge on any atom is 0.229 e. The molecule has 0 unspecified atom stereocenters. The van der Waals surface area contributed by atoms with E-state index in [1.54, 1.807) is 18.3 Å². The van der Waals surface area contributed by atoms with Crippen LogP contribution < -0.4 is 4.74 Å². The summed E-state index contributed by atoms with van der Waals surface area (Å²) in [6.07, 6.45) is -2.96. The van der Waals surface area contributed by atoms with Crippen LogP contribution in [0.3, 0.4) is 0 Å². The molecule has 4 N–H and O–H groups in total. The molecule has 0 spiro atoms. The Labute approximate surface area is 161 Å². The predicted molar refractivity (Wildman–Crippen MR) is 102 cm³/mol. The molecule has 0 saturated carbocycles. The van der Waals surface area contributed by atoms with Crippen LogP contribution in [0.4, 0.5) is 0 Å². The summed E-state index contributed by atoms with van der Waals surface area (Å²) in [5, 5.41) is 41.1. The fraction of sp³-hybridized carbons (Fsp3) is 0.286. The van der Waals surface area contributed by atoms with Crippen LogP contribution in [0.15, 0.2) is 60.9 Å². The number of hydrogen-bond donors (Lipinski definition) is 4. The van der Waals surface area contributed by atoms with Crippen molar-refractivity contribution in [3.63, 3.8) is 0 Å². The van der Waals surface area contributed by atoms with Crippen LogP contribution in [0.25, 0.3) is 21.9 Å². The molecule has 5 atom stereocenters. The number of rotatable bonds is 4. The van der Waals surface area contributed by atoms with Crippen LogP contribution in [0.5, 0.6) is 5.75 Å². The SMILES string of the molecule is OC[C@H]1O[C@H](Oc2ccc(-c3ccc4ccncc4c3)cc2)[C@@H](O)[C@@H](O)[C@@H]1O. The molecule has 1 aromatic heterocycles. The van der Waals surface area contributed by atoms with Gasteiger partial charge in [0.15, 0.2) is 0 Å². The van der Waals surface area contributed by atoms with Crippen molar-refractivity contribution in [2.45, 2.75) is 30.7 Å². The first-order valence-corrected chi connectivity index (χ1v) is 8.98. The first-order chi connectivity index (χ1) is 13.6. The van der Waals surface area contributed by atoms with Gasteiger partial charge < -0.3 is 29.9 Å². The van der Waals surface area contributed by atoms with Gasteiger partial charge in [-0.2, -0.15) is 0 Å². The third-order valence-electron chi connectivity index (χ3n) is 4.93. The van der Waals surface area contributed by atoms with E-state index in [9.17, 15) is 20.4 Å². The molecule has 0 radical (unpaired) electrons. The van der Waals surface area contributed by atoms with E-state index >= 15 is 0 Å². The number of ether oxygens (including phenoxy) is 2. The standard InChI is InChI=1S/C21H21NO6/c23-11-17-18(24)19(25)20(26)21(28-17)27-16-5-3-12(4-6-16)14-2-1-13-7-8-22-10-15(13)9-14/h1-10,17-21,23-26H,11H2/t17-,18-,19+,20+,21+/m1/s1. The number of pyridine rings is 1. The van der Waals surface area contributed by atoms with Crippen molar-refractivity contribution in [3.05, 3.63) is 60.9 Å². The number of aliphatic hydroxyl groups is 4. The highest BCUT2D eigenvalue weighted by molar-refractivity contribution is 5.86. The van der Waals surface area contributed by atoms with Gasteiger partial charge in [-0.15, -0.1) is 0 Å². The van der Waals surface area contributed by atoms with Crippen LogP contribution in [0, 0.1) is 0 Å². The van der Waals surface area contributed by atoms with Crippen molar-refractivity contribution in [2.75, 3.05) is 6.61 Å². The first-order valence-electron chi connectivity index (χ1n) is 8.98. The minimum atomic E-state index is -1.47. The minimum Gasteiger partial charge on any atom is -0.462 e. The van der Waals surface area contributed by atoms with Crippen molar-refractivity contribution in [3.8, 4) is 16.9 Å². The van der Waals surface area contributed by atoms with Gasteiger partial charge in [0.1, 0.15) is 30.2 Å². The molecule has 146 valence electrons. The summed E-state index contributed by atoms with van der Waals surface area (Å²) in [6, 6.07) is 15.3. The van der Waals surface area contributed by atoms with E-state index in [1.165, 1.54) is 0 Å². The second-order valence-corrected chi connectivity index (χ2v) is 6.78. The lowest BCUT2D eigenvalue weighted by atomic mass is 9.99. The normalized spacial score (nSPS) is 27.6. The van der Waals surface area contributed by atoms with Crippen LogP contribution in [0.1, 0.15) is 0 Å². The fourth-order valence-electron chi connectivity index (χ4n) is 3.29. The Morgan fingerprint density at radius 3 is 2.36 bits per heavy atom. The molecule has 1 aliphatic rings. The highest BCUT2D eigenvalue weighted by atomic mass is 16.7. The molecule has 0 bridgehead atoms. The molecule has 1 fully saturated rings. The fourth-order valence-corrected chi connectivity index (χ4v) is 3.29. The molecule has 7 heteroatoms. The van der Waals surface area contributed by atoms with Gasteiger partial charge in [-0.1, -0.05) is 24.3 Å². The molecule has 2 heterocycles. The smallest absolute Gasteiger partial charge is 0.229 e. The van der Waals surface area contributed by atoms with Crippen LogP contribution >= 0.6 is 0 Å². The summed E-state index contributed by atoms with van der Waals surface area (Å²) in [7, 11) is 0. The summed E-state index contributed by atoms with van der Waals surface area (Å²) < 4.78 is 11.0. The highest BCUT2D eigenvalue weighted by Gasteiger charge is 2.44. The van der Waals surface area contributed by atoms with Gasteiger partial charge >= 0.3 is 0 Å². The molecule has 1 aliphatic heterocycles. The molecule has 2 aromatic carbocycles. The van der Waals surface area contributed by atoms with E-state index < -0.39 is 37.3 Å². The number of fused-ring (bicyclic) bond motifs is 1. The molecular formula is C21H21NO6. The maximum atomic E-state index is 10.1. The molecule has 3 aromatic rings. The highest BCUT2D eigenvalue weighted by Crippen LogP contribution is 2.28. The van der Waals surface area contributed by atoms with Gasteiger partial charge in [-0.25, -0.2) is 0 Å². The molecular weight excluding hydrogens is 362 g/mol. The van der Waals surface area contributed by atoms with Gasteiger partial charge in [-0.3, -0.25) is 4.98 Å². The average molecular weight is 383 g/mol. The van der Waals surface area contributed by atoms with E-state index in [0.717, 1.165) is 21.9 Å². The Kier molecular flexibility index (Phi) is 5.25. The molecule has 1 saturated heterocycles. The van der Waals surface area contributed by atoms with Crippen molar-refractivity contribution < 1.29 is 29.9 Å². The van der Waals surface area contributed by atoms with Crippen molar-refractivity contribution in [1.82, 2.24) is 4.98 Å². The predicted octanol–water partition coefficient (Wildman–Crippen LogP) is 1.08. The lowest BCUT2D eigenvalue weighted by molar-refractivity contribution is -0.277. The molecule has 4 rings (SSSR count). The lowest BCUT2D eigenvalue weighted by Gasteiger charge is -2.39. The second kappa shape index (κ2) is 7.83. The van der Waals surface area contributed by atoms with Gasteiger partial charge in [0.05, 0.1) is 6.61 Å². The Hall–Kier alpha value is -2.55. The maximum absolute atomic E-state index is 10.1. The number of aliphatic hydroxyl groups excluding tert-OH is 4. The van der Waals surface area contributed by atoms with Gasteiger partial charge in [0, 0.05) is 17.8 Å². The molecule has 0 aliphatic carbocycles.